The normalized spacial score (nSPS) is 19.0. The monoisotopic (exact) mass is 327 g/mol. The number of hydrazine groups is 1. The first kappa shape index (κ1) is 13.8. The maximum absolute atomic E-state index is 12.7. The highest BCUT2D eigenvalue weighted by molar-refractivity contribution is 6.31. The molecule has 1 aliphatic heterocycles. The van der Waals surface area contributed by atoms with Crippen LogP contribution in [0.2, 0.25) is 5.02 Å². The topological polar surface area (TPSA) is 122 Å². The Morgan fingerprint density at radius 3 is 3.00 bits per heavy atom. The standard InChI is InChI=1S/C14H10ClN7O/c15-7-1-2-9-8(3-7)14(4-17-9,13(23)22-16)11-10-12(20-5-18-10)21-6-19-11/h1-6H,16H2,(H,22,23)(H,18,19,20,21). The van der Waals surface area contributed by atoms with Gasteiger partial charge in [0.2, 0.25) is 0 Å². The highest BCUT2D eigenvalue weighted by atomic mass is 35.5. The number of nitrogens with zero attached hydrogens (tertiary/aromatic N) is 4. The van der Waals surface area contributed by atoms with Gasteiger partial charge in [-0.15, -0.1) is 0 Å². The first-order valence-electron chi connectivity index (χ1n) is 6.67. The summed E-state index contributed by atoms with van der Waals surface area (Å²) in [5.41, 5.74) is 3.52. The van der Waals surface area contributed by atoms with E-state index < -0.39 is 11.3 Å². The number of aliphatic imine (C=N–C) groups is 1. The Kier molecular flexibility index (Phi) is 2.90. The molecule has 4 rings (SSSR count). The predicted molar refractivity (Wildman–Crippen MR) is 84.4 cm³/mol. The van der Waals surface area contributed by atoms with Gasteiger partial charge in [-0.05, 0) is 18.2 Å². The highest BCUT2D eigenvalue weighted by Gasteiger charge is 2.48. The van der Waals surface area contributed by atoms with Crippen molar-refractivity contribution < 1.29 is 4.79 Å². The summed E-state index contributed by atoms with van der Waals surface area (Å²) in [7, 11) is 0. The molecule has 0 saturated carbocycles. The molecule has 2 aromatic heterocycles. The van der Waals surface area contributed by atoms with Gasteiger partial charge in [0.15, 0.2) is 11.1 Å². The molecular formula is C14H10ClN7O. The molecule has 0 radical (unpaired) electrons. The Balaban J connectivity index is 2.09. The van der Waals surface area contributed by atoms with Gasteiger partial charge in [0, 0.05) is 16.8 Å². The lowest BCUT2D eigenvalue weighted by atomic mass is 9.78. The number of benzene rings is 1. The van der Waals surface area contributed by atoms with E-state index in [1.807, 2.05) is 0 Å². The van der Waals surface area contributed by atoms with Crippen LogP contribution in [0.5, 0.6) is 0 Å². The van der Waals surface area contributed by atoms with Crippen LogP contribution in [-0.4, -0.2) is 32.1 Å². The molecule has 0 fully saturated rings. The number of carbonyl (C=O) groups excluding carboxylic acids is 1. The molecule has 3 aromatic rings. The Morgan fingerprint density at radius 2 is 2.17 bits per heavy atom. The van der Waals surface area contributed by atoms with E-state index in [1.165, 1.54) is 18.9 Å². The van der Waals surface area contributed by atoms with Gasteiger partial charge in [-0.3, -0.25) is 15.2 Å². The summed E-state index contributed by atoms with van der Waals surface area (Å²) in [6.07, 6.45) is 4.35. The number of hydrogen-bond acceptors (Lipinski definition) is 6. The fourth-order valence-electron chi connectivity index (χ4n) is 2.83. The van der Waals surface area contributed by atoms with Crippen molar-refractivity contribution in [2.75, 3.05) is 0 Å². The summed E-state index contributed by atoms with van der Waals surface area (Å²) in [4.78, 5) is 32.5. The molecule has 0 bridgehead atoms. The highest BCUT2D eigenvalue weighted by Crippen LogP contribution is 2.43. The van der Waals surface area contributed by atoms with E-state index in [0.717, 1.165) is 0 Å². The average molecular weight is 328 g/mol. The van der Waals surface area contributed by atoms with E-state index in [4.69, 9.17) is 17.4 Å². The van der Waals surface area contributed by atoms with Crippen LogP contribution < -0.4 is 11.3 Å². The lowest BCUT2D eigenvalue weighted by Crippen LogP contribution is -2.48. The maximum atomic E-state index is 12.7. The van der Waals surface area contributed by atoms with Crippen LogP contribution in [-0.2, 0) is 10.2 Å². The first-order valence-corrected chi connectivity index (χ1v) is 7.05. The van der Waals surface area contributed by atoms with Crippen molar-refractivity contribution in [1.82, 2.24) is 25.4 Å². The molecule has 114 valence electrons. The van der Waals surface area contributed by atoms with Crippen molar-refractivity contribution >= 4 is 40.6 Å². The van der Waals surface area contributed by atoms with E-state index in [1.54, 1.807) is 18.2 Å². The summed E-state index contributed by atoms with van der Waals surface area (Å²) in [5.74, 6) is 4.95. The number of halogens is 1. The lowest BCUT2D eigenvalue weighted by molar-refractivity contribution is -0.123. The van der Waals surface area contributed by atoms with Gasteiger partial charge >= 0.3 is 0 Å². The number of aromatic nitrogens is 4. The molecule has 3 heterocycles. The summed E-state index contributed by atoms with van der Waals surface area (Å²) >= 11 is 6.11. The minimum atomic E-state index is -1.30. The molecule has 8 nitrogen and oxygen atoms in total. The third kappa shape index (κ3) is 1.79. The van der Waals surface area contributed by atoms with Gasteiger partial charge in [0.05, 0.1) is 17.7 Å². The molecule has 9 heteroatoms. The zero-order valence-corrected chi connectivity index (χ0v) is 12.4. The molecule has 0 spiro atoms. The smallest absolute Gasteiger partial charge is 0.256 e. The third-order valence-corrected chi connectivity index (χ3v) is 4.10. The van der Waals surface area contributed by atoms with Crippen LogP contribution in [0.25, 0.3) is 11.2 Å². The minimum absolute atomic E-state index is 0.410. The van der Waals surface area contributed by atoms with Crippen molar-refractivity contribution in [3.63, 3.8) is 0 Å². The van der Waals surface area contributed by atoms with Crippen LogP contribution in [0.3, 0.4) is 0 Å². The molecule has 1 amide bonds. The molecule has 0 aliphatic carbocycles. The van der Waals surface area contributed by atoms with Crippen LogP contribution in [0, 0.1) is 0 Å². The van der Waals surface area contributed by atoms with E-state index in [0.29, 0.717) is 33.1 Å². The van der Waals surface area contributed by atoms with Crippen LogP contribution in [0.4, 0.5) is 5.69 Å². The summed E-state index contributed by atoms with van der Waals surface area (Å²) in [6.45, 7) is 0. The minimum Gasteiger partial charge on any atom is -0.342 e. The number of hydrogen-bond donors (Lipinski definition) is 3. The Labute approximate surface area is 134 Å². The lowest BCUT2D eigenvalue weighted by Gasteiger charge is -2.25. The third-order valence-electron chi connectivity index (χ3n) is 3.87. The quantitative estimate of drug-likeness (QED) is 0.368. The number of carbonyl (C=O) groups is 1. The van der Waals surface area contributed by atoms with Gasteiger partial charge in [-0.25, -0.2) is 20.8 Å². The number of fused-ring (bicyclic) bond motifs is 2. The summed E-state index contributed by atoms with van der Waals surface area (Å²) in [5, 5.41) is 0.485. The van der Waals surface area contributed by atoms with Crippen LogP contribution in [0.15, 0.2) is 35.8 Å². The van der Waals surface area contributed by atoms with Crippen molar-refractivity contribution in [3.8, 4) is 0 Å². The fourth-order valence-corrected chi connectivity index (χ4v) is 3.00. The van der Waals surface area contributed by atoms with E-state index in [2.05, 4.69) is 30.4 Å². The molecule has 0 saturated heterocycles. The van der Waals surface area contributed by atoms with E-state index >= 15 is 0 Å². The number of aromatic amines is 1. The van der Waals surface area contributed by atoms with Gasteiger partial charge < -0.3 is 4.98 Å². The Morgan fingerprint density at radius 1 is 1.30 bits per heavy atom. The largest absolute Gasteiger partial charge is 0.342 e. The maximum Gasteiger partial charge on any atom is 0.256 e. The molecule has 1 aromatic carbocycles. The number of rotatable bonds is 2. The van der Waals surface area contributed by atoms with Gasteiger partial charge in [-0.2, -0.15) is 0 Å². The number of imidazole rings is 1. The van der Waals surface area contributed by atoms with Gasteiger partial charge in [-0.1, -0.05) is 11.6 Å². The predicted octanol–water partition coefficient (Wildman–Crippen LogP) is 0.998. The SMILES string of the molecule is NNC(=O)C1(c2ncnc3nc[nH]c23)C=Nc2ccc(Cl)cc21. The van der Waals surface area contributed by atoms with Crippen LogP contribution in [0.1, 0.15) is 11.3 Å². The first-order chi connectivity index (χ1) is 11.2. The van der Waals surface area contributed by atoms with E-state index in [-0.39, 0.29) is 0 Å². The second-order valence-electron chi connectivity index (χ2n) is 5.02. The summed E-state index contributed by atoms with van der Waals surface area (Å²) < 4.78 is 0. The summed E-state index contributed by atoms with van der Waals surface area (Å²) in [6, 6.07) is 5.13. The second-order valence-corrected chi connectivity index (χ2v) is 5.46. The molecule has 4 N–H and O–H groups in total. The van der Waals surface area contributed by atoms with E-state index in [9.17, 15) is 4.79 Å². The van der Waals surface area contributed by atoms with Gasteiger partial charge in [0.25, 0.3) is 5.91 Å². The van der Waals surface area contributed by atoms with Crippen molar-refractivity contribution in [3.05, 3.63) is 47.1 Å². The number of amides is 1. The second kappa shape index (κ2) is 4.83. The zero-order valence-electron chi connectivity index (χ0n) is 11.6. The zero-order chi connectivity index (χ0) is 16.0. The molecule has 1 unspecified atom stereocenters. The van der Waals surface area contributed by atoms with Gasteiger partial charge in [0.1, 0.15) is 11.8 Å². The molecule has 23 heavy (non-hydrogen) atoms. The van der Waals surface area contributed by atoms with Crippen molar-refractivity contribution in [2.24, 2.45) is 10.8 Å². The molecular weight excluding hydrogens is 318 g/mol. The number of nitrogens with one attached hydrogen (secondary N) is 2. The number of H-pyrrole nitrogens is 1. The van der Waals surface area contributed by atoms with Crippen molar-refractivity contribution in [2.45, 2.75) is 5.41 Å². The Bertz CT molecular complexity index is 967. The van der Waals surface area contributed by atoms with Crippen molar-refractivity contribution in [1.29, 1.82) is 0 Å². The number of nitrogens with two attached hydrogens (primary N) is 1. The molecule has 1 aliphatic rings. The average Bonchev–Trinajstić information content (AvgIpc) is 3.18. The fraction of sp³-hybridized carbons (Fsp3) is 0.0714. The Hall–Kier alpha value is -2.84. The molecule has 1 atom stereocenters. The van der Waals surface area contributed by atoms with Crippen LogP contribution >= 0.6 is 11.6 Å².